The fourth-order valence-electron chi connectivity index (χ4n) is 4.71. The van der Waals surface area contributed by atoms with E-state index in [9.17, 15) is 38.4 Å². The highest BCUT2D eigenvalue weighted by Gasteiger charge is 2.44. The molecule has 0 bridgehead atoms. The van der Waals surface area contributed by atoms with Crippen molar-refractivity contribution in [2.75, 3.05) is 27.2 Å². The molecule has 8 amide bonds. The molecule has 20 nitrogen and oxygen atoms in total. The molecular weight excluding hydrogens is 672 g/mol. The van der Waals surface area contributed by atoms with Crippen molar-refractivity contribution in [3.05, 3.63) is 108 Å². The summed E-state index contributed by atoms with van der Waals surface area (Å²) in [4.78, 5) is 116. The van der Waals surface area contributed by atoms with Crippen molar-refractivity contribution >= 4 is 47.6 Å². The number of carbonyl (C=O) groups excluding carboxylic acids is 8. The number of likely N-dealkylation sites (N-methyl/N-ethyl adjacent to an activating group) is 1. The van der Waals surface area contributed by atoms with Crippen molar-refractivity contribution in [2.24, 2.45) is 0 Å². The van der Waals surface area contributed by atoms with E-state index in [1.165, 1.54) is 75.8 Å². The third-order valence-electron chi connectivity index (χ3n) is 7.18. The Balaban J connectivity index is 0.000000198. The van der Waals surface area contributed by atoms with Gasteiger partial charge in [-0.25, -0.2) is 24.6 Å². The van der Waals surface area contributed by atoms with Crippen molar-refractivity contribution in [3.8, 4) is 0 Å². The molecule has 0 saturated heterocycles. The van der Waals surface area contributed by atoms with Crippen LogP contribution < -0.4 is 20.3 Å². The van der Waals surface area contributed by atoms with Crippen LogP contribution in [0.3, 0.4) is 0 Å². The molecule has 2 aromatic carbocycles. The molecule has 0 aliphatic carbocycles. The summed E-state index contributed by atoms with van der Waals surface area (Å²) in [6.07, 6.45) is 5.72. The number of imide groups is 2. The molecule has 6 rings (SSSR count). The zero-order valence-electron chi connectivity index (χ0n) is 26.9. The predicted octanol–water partition coefficient (Wildman–Crippen LogP) is -0.228. The summed E-state index contributed by atoms with van der Waals surface area (Å²) in [5, 5.41) is 7.47. The minimum absolute atomic E-state index is 0.122. The molecule has 262 valence electrons. The van der Waals surface area contributed by atoms with Crippen LogP contribution in [0, 0.1) is 0 Å². The zero-order valence-corrected chi connectivity index (χ0v) is 26.9. The Morgan fingerprint density at radius 2 is 1.02 bits per heavy atom. The molecule has 20 heteroatoms. The van der Waals surface area contributed by atoms with Crippen LogP contribution in [-0.4, -0.2) is 114 Å². The lowest BCUT2D eigenvalue weighted by atomic mass is 10.1. The minimum Gasteiger partial charge on any atom is -0.359 e. The van der Waals surface area contributed by atoms with Gasteiger partial charge in [-0.2, -0.15) is 24.5 Å². The Morgan fingerprint density at radius 3 is 1.39 bits per heavy atom. The van der Waals surface area contributed by atoms with Gasteiger partial charge >= 0.3 is 12.2 Å². The molecule has 2 aliphatic rings. The predicted molar refractivity (Wildman–Crippen MR) is 168 cm³/mol. The molecule has 51 heavy (non-hydrogen) atoms. The van der Waals surface area contributed by atoms with E-state index in [4.69, 9.17) is 9.68 Å². The molecule has 4 heterocycles. The highest BCUT2D eigenvalue weighted by Crippen LogP contribution is 2.25. The molecule has 0 atom stereocenters. The van der Waals surface area contributed by atoms with Crippen LogP contribution in [0.1, 0.15) is 47.9 Å². The average Bonchev–Trinajstić information content (AvgIpc) is 3.94. The van der Waals surface area contributed by atoms with Gasteiger partial charge < -0.3 is 20.3 Å². The van der Waals surface area contributed by atoms with Crippen LogP contribution in [0.25, 0.3) is 0 Å². The molecule has 0 fully saturated rings. The molecule has 2 aromatic heterocycles. The van der Waals surface area contributed by atoms with Gasteiger partial charge in [0.1, 0.15) is 19.2 Å². The number of nitrogens with one attached hydrogen (secondary N) is 2. The van der Waals surface area contributed by atoms with Gasteiger partial charge in [0, 0.05) is 32.9 Å². The van der Waals surface area contributed by atoms with Gasteiger partial charge in [-0.1, -0.05) is 24.3 Å². The first-order chi connectivity index (χ1) is 24.5. The van der Waals surface area contributed by atoms with Crippen molar-refractivity contribution in [1.82, 2.24) is 50.1 Å². The summed E-state index contributed by atoms with van der Waals surface area (Å²) >= 11 is 0. The second-order valence-electron chi connectivity index (χ2n) is 10.3. The lowest BCUT2D eigenvalue weighted by molar-refractivity contribution is -0.124. The van der Waals surface area contributed by atoms with Crippen LogP contribution >= 0.6 is 0 Å². The number of imidazole rings is 2. The van der Waals surface area contributed by atoms with E-state index in [2.05, 4.69) is 20.6 Å². The molecule has 2 aliphatic heterocycles. The SMILES string of the molecule is CNC(=O)CCN(C(=O)On1ccnc1)N1C(=O)c2ccccc2C1=O.CNC(=O)CN(C(=O)On1ccnc1)N1C(=O)c2ccccc2C1=O. The molecular formula is C31H28N10O10. The first kappa shape index (κ1) is 34.9. The van der Waals surface area contributed by atoms with Gasteiger partial charge in [-0.15, -0.1) is 0 Å². The first-order valence-corrected chi connectivity index (χ1v) is 14.9. The monoisotopic (exact) mass is 700 g/mol. The number of hydrogen-bond donors (Lipinski definition) is 2. The summed E-state index contributed by atoms with van der Waals surface area (Å²) in [6.45, 7) is -0.797. The maximum absolute atomic E-state index is 12.6. The fraction of sp³-hybridized carbons (Fsp3) is 0.161. The van der Waals surface area contributed by atoms with Crippen LogP contribution in [0.2, 0.25) is 0 Å². The second kappa shape index (κ2) is 15.2. The minimum atomic E-state index is -1.09. The van der Waals surface area contributed by atoms with Gasteiger partial charge in [0.05, 0.1) is 41.2 Å². The van der Waals surface area contributed by atoms with Gasteiger partial charge in [0.2, 0.25) is 11.8 Å². The lowest BCUT2D eigenvalue weighted by Crippen LogP contribution is -2.54. The topological polar surface area (TPSA) is 228 Å². The maximum Gasteiger partial charge on any atom is 0.454 e. The number of fused-ring (bicyclic) bond motifs is 2. The Morgan fingerprint density at radius 1 is 0.627 bits per heavy atom. The van der Waals surface area contributed by atoms with Crippen LogP contribution in [-0.2, 0) is 9.59 Å². The van der Waals surface area contributed by atoms with E-state index in [-0.39, 0.29) is 41.1 Å². The lowest BCUT2D eigenvalue weighted by Gasteiger charge is -2.28. The number of rotatable bonds is 9. The Kier molecular flexibility index (Phi) is 10.4. The summed E-state index contributed by atoms with van der Waals surface area (Å²) in [6, 6.07) is 12.4. The van der Waals surface area contributed by atoms with E-state index < -0.39 is 48.3 Å². The van der Waals surface area contributed by atoms with E-state index in [1.807, 2.05) is 0 Å². The smallest absolute Gasteiger partial charge is 0.359 e. The molecule has 0 unspecified atom stereocenters. The number of nitrogens with zero attached hydrogens (tertiary/aromatic N) is 8. The highest BCUT2D eigenvalue weighted by molar-refractivity contribution is 6.22. The Bertz CT molecular complexity index is 1930. The van der Waals surface area contributed by atoms with Crippen molar-refractivity contribution < 1.29 is 48.0 Å². The summed E-state index contributed by atoms with van der Waals surface area (Å²) in [5.41, 5.74) is 0.644. The Labute approximate surface area is 287 Å². The molecule has 0 radical (unpaired) electrons. The molecule has 0 spiro atoms. The van der Waals surface area contributed by atoms with Crippen molar-refractivity contribution in [1.29, 1.82) is 0 Å². The van der Waals surface area contributed by atoms with Gasteiger partial charge in [0.25, 0.3) is 23.6 Å². The standard InChI is InChI=1S/C16H15N5O5.C15H13N5O5/c1-17-13(22)6-8-20(16(25)26-19-9-7-18-10-19)21-14(23)11-4-2-3-5-12(11)15(21)24;1-16-12(21)8-19(15(24)25-18-7-6-17-9-18)20-13(22)10-4-2-3-5-11(10)14(20)23/h2-5,7,9-10H,6,8H2,1H3,(H,17,22);2-7,9H,8H2,1H3,(H,16,21). The van der Waals surface area contributed by atoms with E-state index in [0.717, 1.165) is 14.5 Å². The van der Waals surface area contributed by atoms with E-state index in [0.29, 0.717) is 15.0 Å². The quantitative estimate of drug-likeness (QED) is 0.216. The third kappa shape index (κ3) is 7.38. The average molecular weight is 701 g/mol. The van der Waals surface area contributed by atoms with Gasteiger partial charge in [-0.3, -0.25) is 28.8 Å². The fourth-order valence-corrected chi connectivity index (χ4v) is 4.71. The van der Waals surface area contributed by atoms with Gasteiger partial charge in [-0.05, 0) is 24.3 Å². The molecule has 0 saturated carbocycles. The van der Waals surface area contributed by atoms with E-state index >= 15 is 0 Å². The molecule has 4 aromatic rings. The number of benzene rings is 2. The summed E-state index contributed by atoms with van der Waals surface area (Å²) in [5.74, 6) is -3.70. The summed E-state index contributed by atoms with van der Waals surface area (Å²) in [7, 11) is 2.81. The largest absolute Gasteiger partial charge is 0.454 e. The van der Waals surface area contributed by atoms with Crippen LogP contribution in [0.15, 0.2) is 86.0 Å². The van der Waals surface area contributed by atoms with Crippen LogP contribution in [0.5, 0.6) is 0 Å². The number of carbonyl (C=O) groups is 8. The Hall–Kier alpha value is -7.38. The third-order valence-corrected chi connectivity index (χ3v) is 7.18. The van der Waals surface area contributed by atoms with Crippen LogP contribution in [0.4, 0.5) is 9.59 Å². The highest BCUT2D eigenvalue weighted by atomic mass is 16.7. The second-order valence-corrected chi connectivity index (χ2v) is 10.3. The number of aromatic nitrogens is 4. The number of hydrogen-bond acceptors (Lipinski definition) is 12. The molecule has 2 N–H and O–H groups in total. The summed E-state index contributed by atoms with van der Waals surface area (Å²) < 4.78 is 2.00. The van der Waals surface area contributed by atoms with E-state index in [1.54, 1.807) is 24.3 Å². The zero-order chi connectivity index (χ0) is 36.7. The van der Waals surface area contributed by atoms with Crippen molar-refractivity contribution in [3.63, 3.8) is 0 Å². The normalized spacial score (nSPS) is 12.7. The maximum atomic E-state index is 12.6. The number of amides is 8. The van der Waals surface area contributed by atoms with Crippen molar-refractivity contribution in [2.45, 2.75) is 6.42 Å². The number of hydrazine groups is 2. The van der Waals surface area contributed by atoms with Gasteiger partial charge in [0.15, 0.2) is 0 Å². The first-order valence-electron chi connectivity index (χ1n) is 14.9.